The lowest BCUT2D eigenvalue weighted by molar-refractivity contribution is 0.0995. The predicted molar refractivity (Wildman–Crippen MR) is 72.3 cm³/mol. The first kappa shape index (κ1) is 13.4. The van der Waals surface area contributed by atoms with Gasteiger partial charge in [-0.15, -0.1) is 0 Å². The van der Waals surface area contributed by atoms with Crippen LogP contribution in [0.2, 0.25) is 0 Å². The number of hydrogen-bond donors (Lipinski definition) is 1. The van der Waals surface area contributed by atoms with E-state index in [9.17, 15) is 4.79 Å². The van der Waals surface area contributed by atoms with E-state index in [1.807, 2.05) is 0 Å². The summed E-state index contributed by atoms with van der Waals surface area (Å²) in [6, 6.07) is 3.55. The van der Waals surface area contributed by atoms with Gasteiger partial charge in [0.15, 0.2) is 17.3 Å². The Morgan fingerprint density at radius 2 is 2.22 bits per heavy atom. The lowest BCUT2D eigenvalue weighted by Crippen LogP contribution is -2.16. The van der Waals surface area contributed by atoms with Gasteiger partial charge in [0.1, 0.15) is 0 Å². The molecule has 2 rings (SSSR count). The third kappa shape index (κ3) is 2.84. The molecule has 0 amide bonds. The molecule has 1 aliphatic rings. The van der Waals surface area contributed by atoms with E-state index in [1.165, 1.54) is 12.8 Å². The molecular formula is C13H16BrNO3. The number of hydrogen-bond acceptors (Lipinski definition) is 4. The third-order valence-corrected chi connectivity index (χ3v) is 3.58. The number of benzene rings is 1. The summed E-state index contributed by atoms with van der Waals surface area (Å²) in [6.45, 7) is 0.573. The predicted octanol–water partition coefficient (Wildman–Crippen LogP) is 2.39. The van der Waals surface area contributed by atoms with Gasteiger partial charge in [0, 0.05) is 4.47 Å². The highest BCUT2D eigenvalue weighted by Crippen LogP contribution is 2.38. The first-order chi connectivity index (χ1) is 8.67. The molecule has 0 heterocycles. The minimum absolute atomic E-state index is 0.0500. The van der Waals surface area contributed by atoms with Gasteiger partial charge in [0.05, 0.1) is 25.8 Å². The summed E-state index contributed by atoms with van der Waals surface area (Å²) in [4.78, 5) is 11.9. The van der Waals surface area contributed by atoms with Gasteiger partial charge in [-0.2, -0.15) is 0 Å². The van der Waals surface area contributed by atoms with E-state index in [4.69, 9.17) is 15.2 Å². The van der Waals surface area contributed by atoms with Crippen LogP contribution in [0.25, 0.3) is 0 Å². The smallest absolute Gasteiger partial charge is 0.181 e. The standard InChI is InChI=1S/C13H16BrNO3/c1-17-11-5-4-9(14)12(10(16)6-15)13(11)18-7-8-2-3-8/h4-5,8H,2-3,6-7,15H2,1H3. The van der Waals surface area contributed by atoms with Crippen LogP contribution in [-0.2, 0) is 0 Å². The van der Waals surface area contributed by atoms with Crippen molar-refractivity contribution < 1.29 is 14.3 Å². The van der Waals surface area contributed by atoms with Crippen molar-refractivity contribution in [2.24, 2.45) is 11.7 Å². The van der Waals surface area contributed by atoms with Crippen molar-refractivity contribution in [3.63, 3.8) is 0 Å². The number of halogens is 1. The molecule has 1 saturated carbocycles. The van der Waals surface area contributed by atoms with Crippen molar-refractivity contribution >= 4 is 21.7 Å². The molecule has 5 heteroatoms. The summed E-state index contributed by atoms with van der Waals surface area (Å²) in [5, 5.41) is 0. The number of rotatable bonds is 6. The van der Waals surface area contributed by atoms with Crippen LogP contribution in [0, 0.1) is 5.92 Å². The maximum Gasteiger partial charge on any atom is 0.181 e. The van der Waals surface area contributed by atoms with E-state index in [-0.39, 0.29) is 12.3 Å². The van der Waals surface area contributed by atoms with Crippen LogP contribution in [0.5, 0.6) is 11.5 Å². The maximum absolute atomic E-state index is 11.9. The first-order valence-electron chi connectivity index (χ1n) is 5.90. The lowest BCUT2D eigenvalue weighted by Gasteiger charge is -2.15. The fourth-order valence-corrected chi connectivity index (χ4v) is 2.22. The van der Waals surface area contributed by atoms with Gasteiger partial charge < -0.3 is 15.2 Å². The fraction of sp³-hybridized carbons (Fsp3) is 0.462. The molecular weight excluding hydrogens is 298 g/mol. The molecule has 2 N–H and O–H groups in total. The van der Waals surface area contributed by atoms with Crippen LogP contribution in [-0.4, -0.2) is 26.0 Å². The van der Waals surface area contributed by atoms with Crippen LogP contribution >= 0.6 is 15.9 Å². The number of ketones is 1. The number of Topliss-reactive ketones (excluding diaryl/α,β-unsaturated/α-hetero) is 1. The Balaban J connectivity index is 2.35. The van der Waals surface area contributed by atoms with Gasteiger partial charge in [-0.1, -0.05) is 0 Å². The third-order valence-electron chi connectivity index (χ3n) is 2.92. The fourth-order valence-electron chi connectivity index (χ4n) is 1.69. The molecule has 0 radical (unpaired) electrons. The molecule has 0 aromatic heterocycles. The van der Waals surface area contributed by atoms with E-state index in [0.29, 0.717) is 34.1 Å². The zero-order chi connectivity index (χ0) is 13.1. The molecule has 0 bridgehead atoms. The SMILES string of the molecule is COc1ccc(Br)c(C(=O)CN)c1OCC1CC1. The summed E-state index contributed by atoms with van der Waals surface area (Å²) in [6.07, 6.45) is 2.38. The average molecular weight is 314 g/mol. The quantitative estimate of drug-likeness (QED) is 0.819. The minimum Gasteiger partial charge on any atom is -0.493 e. The van der Waals surface area contributed by atoms with Gasteiger partial charge in [0.2, 0.25) is 0 Å². The van der Waals surface area contributed by atoms with Crippen molar-refractivity contribution in [1.29, 1.82) is 0 Å². The summed E-state index contributed by atoms with van der Waals surface area (Å²) < 4.78 is 11.7. The maximum atomic E-state index is 11.9. The first-order valence-corrected chi connectivity index (χ1v) is 6.69. The average Bonchev–Trinajstić information content (AvgIpc) is 3.19. The van der Waals surface area contributed by atoms with Gasteiger partial charge in [-0.05, 0) is 46.8 Å². The summed E-state index contributed by atoms with van der Waals surface area (Å²) in [5.41, 5.74) is 5.90. The summed E-state index contributed by atoms with van der Waals surface area (Å²) in [7, 11) is 1.56. The summed E-state index contributed by atoms with van der Waals surface area (Å²) >= 11 is 3.36. The normalized spacial score (nSPS) is 14.4. The van der Waals surface area contributed by atoms with Crippen molar-refractivity contribution in [3.05, 3.63) is 22.2 Å². The molecule has 0 spiro atoms. The molecule has 1 aromatic carbocycles. The second kappa shape index (κ2) is 5.71. The highest BCUT2D eigenvalue weighted by Gasteiger charge is 2.25. The van der Waals surface area contributed by atoms with Crippen LogP contribution in [0.15, 0.2) is 16.6 Å². The van der Waals surface area contributed by atoms with Crippen LogP contribution < -0.4 is 15.2 Å². The Labute approximate surface area is 115 Å². The van der Waals surface area contributed by atoms with E-state index < -0.39 is 0 Å². The molecule has 1 aromatic rings. The van der Waals surface area contributed by atoms with E-state index in [0.717, 1.165) is 0 Å². The number of methoxy groups -OCH3 is 1. The van der Waals surface area contributed by atoms with Crippen molar-refractivity contribution in [2.75, 3.05) is 20.3 Å². The Bertz CT molecular complexity index is 458. The Morgan fingerprint density at radius 1 is 1.50 bits per heavy atom. The second-order valence-corrected chi connectivity index (χ2v) is 5.19. The molecule has 1 fully saturated rings. The van der Waals surface area contributed by atoms with Gasteiger partial charge in [0.25, 0.3) is 0 Å². The van der Waals surface area contributed by atoms with Crippen molar-refractivity contribution in [2.45, 2.75) is 12.8 Å². The number of nitrogens with two attached hydrogens (primary N) is 1. The van der Waals surface area contributed by atoms with Crippen LogP contribution in [0.1, 0.15) is 23.2 Å². The zero-order valence-corrected chi connectivity index (χ0v) is 11.8. The topological polar surface area (TPSA) is 61.5 Å². The highest BCUT2D eigenvalue weighted by atomic mass is 79.9. The summed E-state index contributed by atoms with van der Waals surface area (Å²) in [5.74, 6) is 1.51. The Hall–Kier alpha value is -1.07. The van der Waals surface area contributed by atoms with Crippen LogP contribution in [0.4, 0.5) is 0 Å². The Kier molecular flexibility index (Phi) is 4.24. The van der Waals surface area contributed by atoms with Crippen molar-refractivity contribution in [3.8, 4) is 11.5 Å². The van der Waals surface area contributed by atoms with E-state index in [2.05, 4.69) is 15.9 Å². The van der Waals surface area contributed by atoms with Crippen molar-refractivity contribution in [1.82, 2.24) is 0 Å². The molecule has 0 atom stereocenters. The molecule has 0 saturated heterocycles. The zero-order valence-electron chi connectivity index (χ0n) is 10.2. The largest absolute Gasteiger partial charge is 0.493 e. The van der Waals surface area contributed by atoms with E-state index >= 15 is 0 Å². The van der Waals surface area contributed by atoms with Gasteiger partial charge in [-0.3, -0.25) is 4.79 Å². The molecule has 4 nitrogen and oxygen atoms in total. The molecule has 18 heavy (non-hydrogen) atoms. The van der Waals surface area contributed by atoms with E-state index in [1.54, 1.807) is 19.2 Å². The molecule has 0 aliphatic heterocycles. The minimum atomic E-state index is -0.161. The van der Waals surface area contributed by atoms with Crippen LogP contribution in [0.3, 0.4) is 0 Å². The second-order valence-electron chi connectivity index (χ2n) is 4.34. The number of carbonyl (C=O) groups is 1. The van der Waals surface area contributed by atoms with Gasteiger partial charge >= 0.3 is 0 Å². The highest BCUT2D eigenvalue weighted by molar-refractivity contribution is 9.10. The Morgan fingerprint density at radius 3 is 2.78 bits per heavy atom. The monoisotopic (exact) mass is 313 g/mol. The lowest BCUT2D eigenvalue weighted by atomic mass is 10.1. The number of ether oxygens (including phenoxy) is 2. The molecule has 1 aliphatic carbocycles. The number of carbonyl (C=O) groups excluding carboxylic acids is 1. The molecule has 98 valence electrons. The van der Waals surface area contributed by atoms with Gasteiger partial charge in [-0.25, -0.2) is 0 Å². The molecule has 0 unspecified atom stereocenters.